The minimum atomic E-state index is 0.165. The molecule has 3 heteroatoms. The van der Waals surface area contributed by atoms with Gasteiger partial charge in [0.05, 0.1) is 0 Å². The van der Waals surface area contributed by atoms with Crippen molar-refractivity contribution in [3.05, 3.63) is 64.7 Å². The van der Waals surface area contributed by atoms with Crippen LogP contribution in [0.5, 0.6) is 5.75 Å². The van der Waals surface area contributed by atoms with Gasteiger partial charge < -0.3 is 9.84 Å². The second kappa shape index (κ2) is 6.50. The van der Waals surface area contributed by atoms with Crippen molar-refractivity contribution >= 4 is 11.6 Å². The van der Waals surface area contributed by atoms with Crippen molar-refractivity contribution in [2.75, 3.05) is 6.61 Å². The number of aliphatic hydroxyl groups is 1. The van der Waals surface area contributed by atoms with Gasteiger partial charge >= 0.3 is 0 Å². The SMILES string of the molecule is OCC(Cc1cccc(Cl)c1)CC1Cc2ccccc2O1. The number of hydrogen-bond acceptors (Lipinski definition) is 2. The Balaban J connectivity index is 1.61. The van der Waals surface area contributed by atoms with Gasteiger partial charge in [0.2, 0.25) is 0 Å². The predicted molar refractivity (Wildman–Crippen MR) is 84.9 cm³/mol. The lowest BCUT2D eigenvalue weighted by atomic mass is 9.93. The zero-order chi connectivity index (χ0) is 14.7. The van der Waals surface area contributed by atoms with E-state index in [1.165, 1.54) is 5.56 Å². The molecule has 1 N–H and O–H groups in total. The number of ether oxygens (including phenoxy) is 1. The topological polar surface area (TPSA) is 29.5 Å². The Morgan fingerprint density at radius 2 is 2.05 bits per heavy atom. The molecule has 0 fully saturated rings. The zero-order valence-electron chi connectivity index (χ0n) is 11.8. The minimum Gasteiger partial charge on any atom is -0.490 e. The Kier molecular flexibility index (Phi) is 4.47. The zero-order valence-corrected chi connectivity index (χ0v) is 12.6. The van der Waals surface area contributed by atoms with E-state index in [0.717, 1.165) is 35.6 Å². The van der Waals surface area contributed by atoms with Crippen LogP contribution in [0.15, 0.2) is 48.5 Å². The van der Waals surface area contributed by atoms with E-state index in [9.17, 15) is 5.11 Å². The van der Waals surface area contributed by atoms with Gasteiger partial charge in [-0.2, -0.15) is 0 Å². The van der Waals surface area contributed by atoms with E-state index >= 15 is 0 Å². The summed E-state index contributed by atoms with van der Waals surface area (Å²) in [6.45, 7) is 0.169. The second-order valence-electron chi connectivity index (χ2n) is 5.67. The van der Waals surface area contributed by atoms with E-state index in [4.69, 9.17) is 16.3 Å². The van der Waals surface area contributed by atoms with Crippen molar-refractivity contribution in [3.8, 4) is 5.75 Å². The van der Waals surface area contributed by atoms with Gasteiger partial charge in [0.15, 0.2) is 0 Å². The van der Waals surface area contributed by atoms with E-state index in [1.54, 1.807) is 0 Å². The number of halogens is 1. The summed E-state index contributed by atoms with van der Waals surface area (Å²) < 4.78 is 5.96. The van der Waals surface area contributed by atoms with Crippen LogP contribution in [0.4, 0.5) is 0 Å². The highest BCUT2D eigenvalue weighted by atomic mass is 35.5. The van der Waals surface area contributed by atoms with E-state index < -0.39 is 0 Å². The molecule has 0 saturated heterocycles. The Bertz CT molecular complexity index is 587. The number of rotatable bonds is 5. The predicted octanol–water partition coefficient (Wildman–Crippen LogP) is 3.88. The molecule has 0 amide bonds. The van der Waals surface area contributed by atoms with Crippen LogP contribution in [-0.4, -0.2) is 17.8 Å². The molecular formula is C18H19ClO2. The van der Waals surface area contributed by atoms with Crippen LogP contribution in [0, 0.1) is 5.92 Å². The Hall–Kier alpha value is -1.51. The molecule has 1 aliphatic rings. The highest BCUT2D eigenvalue weighted by Gasteiger charge is 2.25. The molecule has 3 rings (SSSR count). The molecule has 0 radical (unpaired) electrons. The molecule has 2 aromatic rings. The molecule has 1 aliphatic heterocycles. The van der Waals surface area contributed by atoms with Crippen molar-refractivity contribution in [3.63, 3.8) is 0 Å². The van der Waals surface area contributed by atoms with Crippen LogP contribution < -0.4 is 4.74 Å². The van der Waals surface area contributed by atoms with Gasteiger partial charge in [0, 0.05) is 18.1 Å². The van der Waals surface area contributed by atoms with Crippen molar-refractivity contribution in [1.29, 1.82) is 0 Å². The summed E-state index contributed by atoms with van der Waals surface area (Å²) in [4.78, 5) is 0. The van der Waals surface area contributed by atoms with Gasteiger partial charge in [-0.05, 0) is 48.1 Å². The number of hydrogen-bond donors (Lipinski definition) is 1. The molecule has 110 valence electrons. The van der Waals surface area contributed by atoms with Crippen molar-refractivity contribution < 1.29 is 9.84 Å². The lowest BCUT2D eigenvalue weighted by Crippen LogP contribution is -2.22. The van der Waals surface area contributed by atoms with Gasteiger partial charge in [-0.15, -0.1) is 0 Å². The van der Waals surface area contributed by atoms with Gasteiger partial charge in [0.1, 0.15) is 11.9 Å². The van der Waals surface area contributed by atoms with Gasteiger partial charge in [-0.1, -0.05) is 41.9 Å². The summed E-state index contributed by atoms with van der Waals surface area (Å²) >= 11 is 6.02. The quantitative estimate of drug-likeness (QED) is 0.908. The standard InChI is InChI=1S/C18H19ClO2/c19-16-6-3-4-13(9-16)8-14(12-20)10-17-11-15-5-1-2-7-18(15)21-17/h1-7,9,14,17,20H,8,10-12H2. The van der Waals surface area contributed by atoms with E-state index in [1.807, 2.05) is 36.4 Å². The smallest absolute Gasteiger partial charge is 0.123 e. The molecule has 1 heterocycles. The molecule has 0 spiro atoms. The first-order valence-corrected chi connectivity index (χ1v) is 7.72. The van der Waals surface area contributed by atoms with Crippen molar-refractivity contribution in [2.24, 2.45) is 5.92 Å². The van der Waals surface area contributed by atoms with Crippen molar-refractivity contribution in [1.82, 2.24) is 0 Å². The van der Waals surface area contributed by atoms with Crippen LogP contribution >= 0.6 is 11.6 Å². The summed E-state index contributed by atoms with van der Waals surface area (Å²) in [5.41, 5.74) is 2.43. The molecule has 21 heavy (non-hydrogen) atoms. The Morgan fingerprint density at radius 3 is 2.81 bits per heavy atom. The fourth-order valence-electron chi connectivity index (χ4n) is 2.98. The lowest BCUT2D eigenvalue weighted by Gasteiger charge is -2.18. The number of para-hydroxylation sites is 1. The van der Waals surface area contributed by atoms with Gasteiger partial charge in [-0.25, -0.2) is 0 Å². The molecule has 2 atom stereocenters. The first-order valence-electron chi connectivity index (χ1n) is 7.34. The van der Waals surface area contributed by atoms with Gasteiger partial charge in [0.25, 0.3) is 0 Å². The molecule has 2 aromatic carbocycles. The van der Waals surface area contributed by atoms with Crippen LogP contribution in [0.25, 0.3) is 0 Å². The van der Waals surface area contributed by atoms with E-state index in [-0.39, 0.29) is 18.6 Å². The highest BCUT2D eigenvalue weighted by Crippen LogP contribution is 2.31. The molecular weight excluding hydrogens is 284 g/mol. The molecule has 2 nitrogen and oxygen atoms in total. The Labute approximate surface area is 130 Å². The fraction of sp³-hybridized carbons (Fsp3) is 0.333. The maximum Gasteiger partial charge on any atom is 0.123 e. The molecule has 0 saturated carbocycles. The number of benzene rings is 2. The summed E-state index contributed by atoms with van der Waals surface area (Å²) in [5, 5.41) is 10.4. The van der Waals surface area contributed by atoms with Crippen LogP contribution in [0.1, 0.15) is 17.5 Å². The molecule has 0 bridgehead atoms. The van der Waals surface area contributed by atoms with Gasteiger partial charge in [-0.3, -0.25) is 0 Å². The summed E-state index contributed by atoms with van der Waals surface area (Å²) in [6, 6.07) is 16.0. The maximum absolute atomic E-state index is 9.65. The normalized spacial score (nSPS) is 18.1. The minimum absolute atomic E-state index is 0.165. The summed E-state index contributed by atoms with van der Waals surface area (Å²) in [6.07, 6.45) is 2.78. The summed E-state index contributed by atoms with van der Waals surface area (Å²) in [7, 11) is 0. The second-order valence-corrected chi connectivity index (χ2v) is 6.11. The molecule has 2 unspecified atom stereocenters. The molecule has 0 aromatic heterocycles. The average Bonchev–Trinajstić information content (AvgIpc) is 2.89. The van der Waals surface area contributed by atoms with Crippen molar-refractivity contribution in [2.45, 2.75) is 25.4 Å². The maximum atomic E-state index is 9.65. The van der Waals surface area contributed by atoms with E-state index in [2.05, 4.69) is 12.1 Å². The third kappa shape index (κ3) is 3.58. The first-order chi connectivity index (χ1) is 10.2. The lowest BCUT2D eigenvalue weighted by molar-refractivity contribution is 0.149. The monoisotopic (exact) mass is 302 g/mol. The first kappa shape index (κ1) is 14.4. The number of fused-ring (bicyclic) bond motifs is 1. The highest BCUT2D eigenvalue weighted by molar-refractivity contribution is 6.30. The Morgan fingerprint density at radius 1 is 1.19 bits per heavy atom. The average molecular weight is 303 g/mol. The van der Waals surface area contributed by atoms with Crippen LogP contribution in [-0.2, 0) is 12.8 Å². The summed E-state index contributed by atoms with van der Waals surface area (Å²) in [5.74, 6) is 1.18. The third-order valence-corrected chi connectivity index (χ3v) is 4.22. The third-order valence-electron chi connectivity index (χ3n) is 3.98. The number of aliphatic hydroxyl groups excluding tert-OH is 1. The van der Waals surface area contributed by atoms with Crippen LogP contribution in [0.3, 0.4) is 0 Å². The fourth-order valence-corrected chi connectivity index (χ4v) is 3.19. The molecule has 0 aliphatic carbocycles. The van der Waals surface area contributed by atoms with E-state index in [0.29, 0.717) is 0 Å². The van der Waals surface area contributed by atoms with Crippen LogP contribution in [0.2, 0.25) is 5.02 Å². The largest absolute Gasteiger partial charge is 0.490 e.